The number of imidazole rings is 1. The van der Waals surface area contributed by atoms with Crippen molar-refractivity contribution in [3.8, 4) is 0 Å². The zero-order valence-electron chi connectivity index (χ0n) is 9.19. The Morgan fingerprint density at radius 2 is 2.00 bits per heavy atom. The van der Waals surface area contributed by atoms with Gasteiger partial charge in [0, 0.05) is 6.20 Å². The second kappa shape index (κ2) is 3.83. The van der Waals surface area contributed by atoms with Crippen LogP contribution < -0.4 is 5.73 Å². The van der Waals surface area contributed by atoms with Crippen LogP contribution in [0, 0.1) is 6.92 Å². The molecule has 0 spiro atoms. The molecule has 3 nitrogen and oxygen atoms in total. The Morgan fingerprint density at radius 3 is 2.60 bits per heavy atom. The van der Waals surface area contributed by atoms with Crippen molar-refractivity contribution in [2.45, 2.75) is 26.3 Å². The Morgan fingerprint density at radius 1 is 1.33 bits per heavy atom. The molecule has 0 unspecified atom stereocenters. The summed E-state index contributed by atoms with van der Waals surface area (Å²) >= 11 is 0. The minimum absolute atomic E-state index is 0. The van der Waals surface area contributed by atoms with Crippen molar-refractivity contribution in [2.24, 2.45) is 5.73 Å². The maximum absolute atomic E-state index is 6.06. The third kappa shape index (κ3) is 1.98. The fraction of sp³-hybridized carbons (Fsp3) is 0.364. The molecule has 82 valence electrons. The van der Waals surface area contributed by atoms with Gasteiger partial charge < -0.3 is 10.1 Å². The summed E-state index contributed by atoms with van der Waals surface area (Å²) in [4.78, 5) is 4.50. The number of aryl methyl sites for hydroxylation is 1. The third-order valence-corrected chi connectivity index (χ3v) is 2.34. The Balaban J connectivity index is 0.00000112. The summed E-state index contributed by atoms with van der Waals surface area (Å²) in [5.41, 5.74) is 7.72. The van der Waals surface area contributed by atoms with E-state index in [2.05, 4.69) is 9.38 Å². The predicted molar refractivity (Wildman–Crippen MR) is 64.4 cm³/mol. The lowest BCUT2D eigenvalue weighted by Gasteiger charge is -2.15. The first kappa shape index (κ1) is 12.0. The van der Waals surface area contributed by atoms with E-state index in [4.69, 9.17) is 5.73 Å². The first-order valence-electron chi connectivity index (χ1n) is 4.73. The van der Waals surface area contributed by atoms with Gasteiger partial charge in [-0.15, -0.1) is 12.4 Å². The number of hydrogen-bond acceptors (Lipinski definition) is 2. The van der Waals surface area contributed by atoms with E-state index >= 15 is 0 Å². The maximum Gasteiger partial charge on any atom is 0.110 e. The lowest BCUT2D eigenvalue weighted by atomic mass is 10.0. The lowest BCUT2D eigenvalue weighted by molar-refractivity contribution is 0.542. The lowest BCUT2D eigenvalue weighted by Crippen LogP contribution is -2.29. The zero-order chi connectivity index (χ0) is 10.3. The molecule has 2 aromatic heterocycles. The number of hydrogen-bond donors (Lipinski definition) is 1. The highest BCUT2D eigenvalue weighted by Crippen LogP contribution is 2.22. The van der Waals surface area contributed by atoms with Crippen LogP contribution in [0.25, 0.3) is 5.52 Å². The standard InChI is InChI=1S/C11H15N3.ClH/c1-8-13-10(11(2,3)12)9-6-4-5-7-14(8)9;/h4-7H,12H2,1-3H3;1H. The van der Waals surface area contributed by atoms with E-state index in [-0.39, 0.29) is 17.9 Å². The SMILES string of the molecule is Cc1nc(C(C)(C)N)c2ccccn12.Cl. The van der Waals surface area contributed by atoms with E-state index in [1.54, 1.807) is 0 Å². The van der Waals surface area contributed by atoms with Crippen LogP contribution in [-0.2, 0) is 5.54 Å². The average molecular weight is 226 g/mol. The molecule has 2 aromatic rings. The highest BCUT2D eigenvalue weighted by molar-refractivity contribution is 5.85. The van der Waals surface area contributed by atoms with Gasteiger partial charge in [0.15, 0.2) is 0 Å². The van der Waals surface area contributed by atoms with Crippen LogP contribution in [0.4, 0.5) is 0 Å². The molecule has 2 rings (SSSR count). The summed E-state index contributed by atoms with van der Waals surface area (Å²) in [6.07, 6.45) is 2.01. The number of rotatable bonds is 1. The smallest absolute Gasteiger partial charge is 0.110 e. The summed E-state index contributed by atoms with van der Waals surface area (Å²) in [5.74, 6) is 0.981. The van der Waals surface area contributed by atoms with E-state index in [0.29, 0.717) is 0 Å². The van der Waals surface area contributed by atoms with Gasteiger partial charge in [-0.2, -0.15) is 0 Å². The second-order valence-corrected chi connectivity index (χ2v) is 4.19. The molecule has 0 bridgehead atoms. The molecule has 0 radical (unpaired) electrons. The number of nitrogens with zero attached hydrogens (tertiary/aromatic N) is 2. The molecule has 2 N–H and O–H groups in total. The minimum atomic E-state index is -0.388. The van der Waals surface area contributed by atoms with Crippen molar-refractivity contribution in [3.05, 3.63) is 35.9 Å². The molecule has 4 heteroatoms. The van der Waals surface area contributed by atoms with Crippen LogP contribution in [0.2, 0.25) is 0 Å². The van der Waals surface area contributed by atoms with Gasteiger partial charge in [-0.25, -0.2) is 4.98 Å². The molecule has 0 amide bonds. The molecule has 0 aliphatic carbocycles. The van der Waals surface area contributed by atoms with Crippen molar-refractivity contribution in [1.82, 2.24) is 9.38 Å². The van der Waals surface area contributed by atoms with Gasteiger partial charge in [0.25, 0.3) is 0 Å². The Hall–Kier alpha value is -1.06. The van der Waals surface area contributed by atoms with E-state index in [0.717, 1.165) is 17.0 Å². The summed E-state index contributed by atoms with van der Waals surface area (Å²) in [6, 6.07) is 6.05. The summed E-state index contributed by atoms with van der Waals surface area (Å²) in [5, 5.41) is 0. The molecular formula is C11H16ClN3. The molecule has 15 heavy (non-hydrogen) atoms. The third-order valence-electron chi connectivity index (χ3n) is 2.34. The van der Waals surface area contributed by atoms with E-state index < -0.39 is 0 Å². The monoisotopic (exact) mass is 225 g/mol. The number of fused-ring (bicyclic) bond motifs is 1. The maximum atomic E-state index is 6.06. The van der Waals surface area contributed by atoms with Gasteiger partial charge in [0.2, 0.25) is 0 Å². The number of pyridine rings is 1. The second-order valence-electron chi connectivity index (χ2n) is 4.19. The van der Waals surface area contributed by atoms with Crippen molar-refractivity contribution in [2.75, 3.05) is 0 Å². The molecule has 0 saturated heterocycles. The summed E-state index contributed by atoms with van der Waals surface area (Å²) < 4.78 is 2.06. The van der Waals surface area contributed by atoms with Crippen LogP contribution in [0.15, 0.2) is 24.4 Å². The quantitative estimate of drug-likeness (QED) is 0.809. The van der Waals surface area contributed by atoms with Gasteiger partial charge in [-0.3, -0.25) is 0 Å². The normalized spacial score (nSPS) is 11.5. The number of halogens is 1. The largest absolute Gasteiger partial charge is 0.321 e. The van der Waals surface area contributed by atoms with Gasteiger partial charge in [-0.1, -0.05) is 6.07 Å². The van der Waals surface area contributed by atoms with E-state index in [1.807, 2.05) is 45.2 Å². The van der Waals surface area contributed by atoms with Gasteiger partial charge >= 0.3 is 0 Å². The Bertz CT molecular complexity index is 468. The van der Waals surface area contributed by atoms with E-state index in [1.165, 1.54) is 0 Å². The fourth-order valence-corrected chi connectivity index (χ4v) is 1.67. The number of aromatic nitrogens is 2. The first-order valence-corrected chi connectivity index (χ1v) is 4.73. The van der Waals surface area contributed by atoms with Crippen molar-refractivity contribution in [1.29, 1.82) is 0 Å². The highest BCUT2D eigenvalue weighted by atomic mass is 35.5. The van der Waals surface area contributed by atoms with Gasteiger partial charge in [0.05, 0.1) is 16.7 Å². The van der Waals surface area contributed by atoms with Crippen LogP contribution in [0.3, 0.4) is 0 Å². The van der Waals surface area contributed by atoms with E-state index in [9.17, 15) is 0 Å². The fourth-order valence-electron chi connectivity index (χ4n) is 1.67. The molecule has 0 saturated carbocycles. The zero-order valence-corrected chi connectivity index (χ0v) is 10.0. The topological polar surface area (TPSA) is 43.3 Å². The van der Waals surface area contributed by atoms with Crippen molar-refractivity contribution < 1.29 is 0 Å². The minimum Gasteiger partial charge on any atom is -0.321 e. The molecule has 0 aliphatic heterocycles. The summed E-state index contributed by atoms with van der Waals surface area (Å²) in [7, 11) is 0. The predicted octanol–water partition coefficient (Wildman–Crippen LogP) is 2.26. The van der Waals surface area contributed by atoms with Gasteiger partial charge in [0.1, 0.15) is 5.82 Å². The summed E-state index contributed by atoms with van der Waals surface area (Å²) in [6.45, 7) is 5.94. The van der Waals surface area contributed by atoms with Crippen LogP contribution in [0.1, 0.15) is 25.4 Å². The Kier molecular flexibility index (Phi) is 3.07. The van der Waals surface area contributed by atoms with Crippen molar-refractivity contribution >= 4 is 17.9 Å². The van der Waals surface area contributed by atoms with Crippen LogP contribution in [0.5, 0.6) is 0 Å². The molecule has 0 aromatic carbocycles. The van der Waals surface area contributed by atoms with Crippen LogP contribution in [-0.4, -0.2) is 9.38 Å². The number of nitrogens with two attached hydrogens (primary N) is 1. The molecule has 0 aliphatic rings. The van der Waals surface area contributed by atoms with Gasteiger partial charge in [-0.05, 0) is 32.9 Å². The Labute approximate surface area is 95.7 Å². The van der Waals surface area contributed by atoms with Crippen LogP contribution >= 0.6 is 12.4 Å². The highest BCUT2D eigenvalue weighted by Gasteiger charge is 2.21. The molecule has 2 heterocycles. The first-order chi connectivity index (χ1) is 6.50. The molecule has 0 fully saturated rings. The van der Waals surface area contributed by atoms with Crippen molar-refractivity contribution in [3.63, 3.8) is 0 Å². The molecular weight excluding hydrogens is 210 g/mol. The molecule has 0 atom stereocenters. The average Bonchev–Trinajstić information content (AvgIpc) is 2.44.